The number of rotatable bonds is 18. The highest BCUT2D eigenvalue weighted by Crippen LogP contribution is 2.34. The maximum atomic E-state index is 13.0. The number of hydrogen-bond acceptors (Lipinski definition) is 4. The van der Waals surface area contributed by atoms with Crippen LogP contribution in [0.4, 0.5) is 5.69 Å². The van der Waals surface area contributed by atoms with Gasteiger partial charge in [-0.3, -0.25) is 4.79 Å². The van der Waals surface area contributed by atoms with Crippen LogP contribution in [0.2, 0.25) is 0 Å². The molecule has 1 aliphatic rings. The first kappa shape index (κ1) is 33.1. The average Bonchev–Trinajstić information content (AvgIpc) is 3.35. The van der Waals surface area contributed by atoms with Crippen molar-refractivity contribution in [1.82, 2.24) is 4.90 Å². The Bertz CT molecular complexity index is 1090. The molecular weight excluding hydrogens is 524 g/mol. The van der Waals surface area contributed by atoms with Crippen LogP contribution in [0, 0.1) is 0 Å². The van der Waals surface area contributed by atoms with Crippen LogP contribution in [0.5, 0.6) is 5.75 Å². The molecule has 4 nitrogen and oxygen atoms in total. The van der Waals surface area contributed by atoms with Crippen LogP contribution in [0.1, 0.15) is 133 Å². The molecule has 226 valence electrons. The van der Waals surface area contributed by atoms with Crippen molar-refractivity contribution in [3.8, 4) is 5.75 Å². The molecule has 0 saturated heterocycles. The number of thioether (sulfide) groups is 1. The first-order valence-electron chi connectivity index (χ1n) is 16.0. The molecule has 1 amide bonds. The second-order valence-electron chi connectivity index (χ2n) is 12.6. The van der Waals surface area contributed by atoms with Gasteiger partial charge in [0.1, 0.15) is 5.75 Å². The second kappa shape index (κ2) is 17.5. The number of nitrogens with one attached hydrogen (secondary N) is 1. The van der Waals surface area contributed by atoms with Gasteiger partial charge in [-0.1, -0.05) is 117 Å². The summed E-state index contributed by atoms with van der Waals surface area (Å²) >= 11 is 1.86. The predicted octanol–water partition coefficient (Wildman–Crippen LogP) is 10.7. The summed E-state index contributed by atoms with van der Waals surface area (Å²) in [5.74, 6) is 1.77. The van der Waals surface area contributed by atoms with Gasteiger partial charge in [-0.05, 0) is 53.0 Å². The molecule has 0 radical (unpaired) electrons. The molecule has 0 bridgehead atoms. The highest BCUT2D eigenvalue weighted by atomic mass is 32.2. The summed E-state index contributed by atoms with van der Waals surface area (Å²) in [7, 11) is 0. The average molecular weight is 579 g/mol. The van der Waals surface area contributed by atoms with E-state index in [4.69, 9.17) is 4.74 Å². The summed E-state index contributed by atoms with van der Waals surface area (Å²) in [6.45, 7) is 12.6. The van der Waals surface area contributed by atoms with Crippen LogP contribution in [0.3, 0.4) is 0 Å². The molecule has 5 heteroatoms. The maximum absolute atomic E-state index is 13.0. The van der Waals surface area contributed by atoms with E-state index in [-0.39, 0.29) is 11.3 Å². The summed E-state index contributed by atoms with van der Waals surface area (Å²) in [4.78, 5) is 16.7. The molecular formula is C36H54N2O2S. The third kappa shape index (κ3) is 12.2. The molecule has 41 heavy (non-hydrogen) atoms. The van der Waals surface area contributed by atoms with Crippen molar-refractivity contribution in [3.05, 3.63) is 70.3 Å². The summed E-state index contributed by atoms with van der Waals surface area (Å²) in [6, 6.07) is 14.0. The molecule has 1 heterocycles. The van der Waals surface area contributed by atoms with E-state index in [1.54, 1.807) is 0 Å². The quantitative estimate of drug-likeness (QED) is 0.179. The van der Waals surface area contributed by atoms with Gasteiger partial charge in [0.2, 0.25) is 0 Å². The summed E-state index contributed by atoms with van der Waals surface area (Å²) in [5.41, 5.74) is 3.77. The molecule has 3 rings (SSSR count). The van der Waals surface area contributed by atoms with E-state index in [0.29, 0.717) is 12.2 Å². The first-order valence-corrected chi connectivity index (χ1v) is 17.0. The van der Waals surface area contributed by atoms with Crippen LogP contribution in [-0.2, 0) is 12.0 Å². The summed E-state index contributed by atoms with van der Waals surface area (Å²) in [5, 5.41) is 3.08. The van der Waals surface area contributed by atoms with Crippen LogP contribution in [0.15, 0.2) is 53.6 Å². The molecule has 2 aromatic carbocycles. The van der Waals surface area contributed by atoms with Crippen molar-refractivity contribution >= 4 is 23.4 Å². The Labute approximate surface area is 254 Å². The standard InChI is InChI=1S/C36H54N2O2S/c1-6-7-8-9-10-11-12-13-14-15-16-17-24-40-34-25-32(22-23-33(34)36(3,4)5)37-35(39)31-20-18-30(19-21-31)27-38-26-29(2)41-28-38/h18-23,25-26H,6-17,24,27-28H2,1-5H3,(H,37,39). The Morgan fingerprint density at radius 3 is 2.05 bits per heavy atom. The Morgan fingerprint density at radius 2 is 1.49 bits per heavy atom. The number of carbonyl (C=O) groups is 1. The van der Waals surface area contributed by atoms with Crippen molar-refractivity contribution in [2.75, 3.05) is 17.8 Å². The van der Waals surface area contributed by atoms with E-state index in [1.807, 2.05) is 48.2 Å². The van der Waals surface area contributed by atoms with E-state index in [0.717, 1.165) is 30.3 Å². The van der Waals surface area contributed by atoms with Crippen molar-refractivity contribution in [2.45, 2.75) is 124 Å². The SMILES string of the molecule is CCCCCCCCCCCCCCOc1cc(NC(=O)c2ccc(CN3C=C(C)SC3)cc2)ccc1C(C)(C)C. The fraction of sp³-hybridized carbons (Fsp3) is 0.583. The van der Waals surface area contributed by atoms with Crippen LogP contribution >= 0.6 is 11.8 Å². The molecule has 0 aromatic heterocycles. The number of hydrogen-bond donors (Lipinski definition) is 1. The minimum absolute atomic E-state index is 0.0359. The van der Waals surface area contributed by atoms with Crippen LogP contribution in [0.25, 0.3) is 0 Å². The van der Waals surface area contributed by atoms with Gasteiger partial charge in [-0.2, -0.15) is 0 Å². The lowest BCUT2D eigenvalue weighted by Gasteiger charge is -2.23. The smallest absolute Gasteiger partial charge is 0.255 e. The van der Waals surface area contributed by atoms with E-state index >= 15 is 0 Å². The number of anilines is 1. The molecule has 0 atom stereocenters. The first-order chi connectivity index (χ1) is 19.8. The third-order valence-corrected chi connectivity index (χ3v) is 8.75. The van der Waals surface area contributed by atoms with Gasteiger partial charge in [-0.25, -0.2) is 0 Å². The minimum Gasteiger partial charge on any atom is -0.493 e. The molecule has 0 saturated carbocycles. The van der Waals surface area contributed by atoms with E-state index in [9.17, 15) is 4.79 Å². The normalized spacial score (nSPS) is 13.4. The molecule has 0 fully saturated rings. The van der Waals surface area contributed by atoms with Crippen molar-refractivity contribution in [2.24, 2.45) is 0 Å². The fourth-order valence-corrected chi connectivity index (χ4v) is 6.03. The van der Waals surface area contributed by atoms with Gasteiger partial charge in [0, 0.05) is 30.1 Å². The number of ether oxygens (including phenoxy) is 1. The number of carbonyl (C=O) groups excluding carboxylic acids is 1. The van der Waals surface area contributed by atoms with Gasteiger partial charge in [-0.15, -0.1) is 11.8 Å². The zero-order valence-corrected chi connectivity index (χ0v) is 27.2. The summed E-state index contributed by atoms with van der Waals surface area (Å²) in [6.07, 6.45) is 18.2. The molecule has 2 aromatic rings. The Hall–Kier alpha value is -2.40. The largest absolute Gasteiger partial charge is 0.493 e. The number of benzene rings is 2. The Kier molecular flexibility index (Phi) is 14.2. The van der Waals surface area contributed by atoms with Gasteiger partial charge in [0.15, 0.2) is 0 Å². The molecule has 1 N–H and O–H groups in total. The maximum Gasteiger partial charge on any atom is 0.255 e. The Morgan fingerprint density at radius 1 is 0.878 bits per heavy atom. The highest BCUT2D eigenvalue weighted by molar-refractivity contribution is 8.03. The van der Waals surface area contributed by atoms with E-state index < -0.39 is 0 Å². The lowest BCUT2D eigenvalue weighted by atomic mass is 9.86. The van der Waals surface area contributed by atoms with E-state index in [1.165, 1.54) is 86.7 Å². The molecule has 0 unspecified atom stereocenters. The number of unbranched alkanes of at least 4 members (excludes halogenated alkanes) is 11. The van der Waals surface area contributed by atoms with Crippen molar-refractivity contribution in [3.63, 3.8) is 0 Å². The predicted molar refractivity (Wildman–Crippen MR) is 178 cm³/mol. The number of amides is 1. The van der Waals surface area contributed by atoms with Crippen molar-refractivity contribution < 1.29 is 9.53 Å². The lowest BCUT2D eigenvalue weighted by Crippen LogP contribution is -2.16. The Balaban J connectivity index is 1.43. The van der Waals surface area contributed by atoms with Gasteiger partial charge in [0.25, 0.3) is 5.91 Å². The van der Waals surface area contributed by atoms with E-state index in [2.05, 4.69) is 57.1 Å². The van der Waals surface area contributed by atoms with Gasteiger partial charge in [0.05, 0.1) is 12.5 Å². The minimum atomic E-state index is -0.0977. The van der Waals surface area contributed by atoms with Crippen molar-refractivity contribution in [1.29, 1.82) is 0 Å². The zero-order chi connectivity index (χ0) is 29.5. The number of nitrogens with zero attached hydrogens (tertiary/aromatic N) is 1. The van der Waals surface area contributed by atoms with Gasteiger partial charge >= 0.3 is 0 Å². The van der Waals surface area contributed by atoms with Crippen LogP contribution < -0.4 is 10.1 Å². The number of allylic oxidation sites excluding steroid dienone is 1. The molecule has 1 aliphatic heterocycles. The highest BCUT2D eigenvalue weighted by Gasteiger charge is 2.20. The second-order valence-corrected chi connectivity index (χ2v) is 13.8. The monoisotopic (exact) mass is 578 g/mol. The third-order valence-electron chi connectivity index (χ3n) is 7.73. The topological polar surface area (TPSA) is 41.6 Å². The van der Waals surface area contributed by atoms with Gasteiger partial charge < -0.3 is 15.0 Å². The lowest BCUT2D eigenvalue weighted by molar-refractivity contribution is 0.102. The van der Waals surface area contributed by atoms with Crippen LogP contribution in [-0.4, -0.2) is 23.3 Å². The zero-order valence-electron chi connectivity index (χ0n) is 26.4. The molecule has 0 aliphatic carbocycles. The molecule has 0 spiro atoms. The fourth-order valence-electron chi connectivity index (χ4n) is 5.27. The summed E-state index contributed by atoms with van der Waals surface area (Å²) < 4.78 is 6.31.